The first-order chi connectivity index (χ1) is 7.70. The summed E-state index contributed by atoms with van der Waals surface area (Å²) in [6, 6.07) is 7.80. The van der Waals surface area contributed by atoms with Gasteiger partial charge in [-0.2, -0.15) is 0 Å². The van der Waals surface area contributed by atoms with Gasteiger partial charge in [-0.25, -0.2) is 4.98 Å². The second-order valence-electron chi connectivity index (χ2n) is 4.09. The van der Waals surface area contributed by atoms with Crippen LogP contribution in [0, 0.1) is 0 Å². The second kappa shape index (κ2) is 3.43. The average Bonchev–Trinajstić information content (AvgIpc) is 2.85. The zero-order valence-electron chi connectivity index (χ0n) is 8.60. The van der Waals surface area contributed by atoms with Gasteiger partial charge >= 0.3 is 0 Å². The highest BCUT2D eigenvalue weighted by Crippen LogP contribution is 2.38. The molecule has 2 aromatic rings. The minimum atomic E-state index is -0.878. The van der Waals surface area contributed by atoms with Crippen LogP contribution >= 0.6 is 15.9 Å². The number of imidazole rings is 1. The molecule has 0 fully saturated rings. The molecule has 1 N–H and O–H groups in total. The van der Waals surface area contributed by atoms with E-state index in [1.807, 2.05) is 28.8 Å². The lowest BCUT2D eigenvalue weighted by Gasteiger charge is -2.22. The van der Waals surface area contributed by atoms with Crippen LogP contribution in [0.3, 0.4) is 0 Å². The number of rotatable bonds is 1. The van der Waals surface area contributed by atoms with E-state index in [1.54, 1.807) is 12.5 Å². The molecule has 0 spiro atoms. The van der Waals surface area contributed by atoms with Crippen molar-refractivity contribution >= 4 is 15.9 Å². The van der Waals surface area contributed by atoms with Gasteiger partial charge in [-0.15, -0.1) is 0 Å². The number of hydrogen-bond donors (Lipinski definition) is 1. The molecule has 0 saturated carbocycles. The van der Waals surface area contributed by atoms with E-state index >= 15 is 0 Å². The van der Waals surface area contributed by atoms with Crippen LogP contribution in [0.2, 0.25) is 0 Å². The molecule has 1 aliphatic rings. The normalized spacial score (nSPS) is 23.4. The third kappa shape index (κ3) is 1.33. The summed E-state index contributed by atoms with van der Waals surface area (Å²) in [5, 5.41) is 10.7. The molecule has 1 aromatic heterocycles. The molecule has 4 heteroatoms. The third-order valence-electron chi connectivity index (χ3n) is 3.17. The fraction of sp³-hybridized carbons (Fsp3) is 0.250. The average molecular weight is 279 g/mol. The van der Waals surface area contributed by atoms with E-state index in [0.717, 1.165) is 22.3 Å². The lowest BCUT2D eigenvalue weighted by atomic mass is 9.90. The Balaban J connectivity index is 2.10. The number of aromatic nitrogens is 2. The Labute approximate surface area is 102 Å². The number of aryl methyl sites for hydroxylation is 1. The summed E-state index contributed by atoms with van der Waals surface area (Å²) in [5.74, 6) is 0. The van der Waals surface area contributed by atoms with Crippen LogP contribution in [0.5, 0.6) is 0 Å². The van der Waals surface area contributed by atoms with Gasteiger partial charge in [-0.3, -0.25) is 0 Å². The Morgan fingerprint density at radius 3 is 2.81 bits per heavy atom. The minimum Gasteiger partial charge on any atom is -0.379 e. The number of benzene rings is 1. The zero-order chi connectivity index (χ0) is 11.2. The van der Waals surface area contributed by atoms with Crippen molar-refractivity contribution in [1.29, 1.82) is 0 Å². The van der Waals surface area contributed by atoms with E-state index < -0.39 is 5.60 Å². The Kier molecular flexibility index (Phi) is 2.16. The van der Waals surface area contributed by atoms with Gasteiger partial charge in [0.05, 0.1) is 18.2 Å². The molecule has 0 aliphatic carbocycles. The molecule has 1 aromatic carbocycles. The SMILES string of the molecule is OC1(c2ccc(Br)cc2)CCn2cncc21. The molecule has 0 amide bonds. The standard InChI is InChI=1S/C12H11BrN2O/c13-10-3-1-9(2-4-10)12(16)5-6-15-8-14-7-11(12)15/h1-4,7-8,16H,5-6H2. The van der Waals surface area contributed by atoms with Crippen molar-refractivity contribution in [2.75, 3.05) is 0 Å². The van der Waals surface area contributed by atoms with Crippen molar-refractivity contribution in [2.45, 2.75) is 18.6 Å². The maximum atomic E-state index is 10.7. The van der Waals surface area contributed by atoms with Crippen molar-refractivity contribution in [1.82, 2.24) is 9.55 Å². The van der Waals surface area contributed by atoms with E-state index in [1.165, 1.54) is 0 Å². The van der Waals surface area contributed by atoms with Crippen molar-refractivity contribution in [2.24, 2.45) is 0 Å². The predicted octanol–water partition coefficient (Wildman–Crippen LogP) is 2.29. The van der Waals surface area contributed by atoms with Gasteiger partial charge in [-0.05, 0) is 17.7 Å². The predicted molar refractivity (Wildman–Crippen MR) is 64.0 cm³/mol. The molecule has 16 heavy (non-hydrogen) atoms. The number of hydrogen-bond acceptors (Lipinski definition) is 2. The first-order valence-corrected chi connectivity index (χ1v) is 5.98. The second-order valence-corrected chi connectivity index (χ2v) is 5.01. The molecule has 0 bridgehead atoms. The summed E-state index contributed by atoms with van der Waals surface area (Å²) in [5.41, 5.74) is 0.932. The van der Waals surface area contributed by atoms with Crippen LogP contribution in [0.15, 0.2) is 41.3 Å². The highest BCUT2D eigenvalue weighted by atomic mass is 79.9. The van der Waals surface area contributed by atoms with Crippen molar-refractivity contribution in [3.8, 4) is 0 Å². The monoisotopic (exact) mass is 278 g/mol. The number of nitrogens with zero attached hydrogens (tertiary/aromatic N) is 2. The Morgan fingerprint density at radius 2 is 2.06 bits per heavy atom. The number of fused-ring (bicyclic) bond motifs is 1. The molecule has 0 saturated heterocycles. The van der Waals surface area contributed by atoms with Crippen LogP contribution in [-0.2, 0) is 12.1 Å². The lowest BCUT2D eigenvalue weighted by molar-refractivity contribution is 0.0825. The van der Waals surface area contributed by atoms with Gasteiger partial charge in [0.2, 0.25) is 0 Å². The van der Waals surface area contributed by atoms with Crippen molar-refractivity contribution < 1.29 is 5.11 Å². The summed E-state index contributed by atoms with van der Waals surface area (Å²) in [7, 11) is 0. The molecule has 3 rings (SSSR count). The molecular formula is C12H11BrN2O. The largest absolute Gasteiger partial charge is 0.379 e. The van der Waals surface area contributed by atoms with Gasteiger partial charge in [0, 0.05) is 17.4 Å². The summed E-state index contributed by atoms with van der Waals surface area (Å²) < 4.78 is 3.02. The maximum absolute atomic E-state index is 10.7. The molecule has 82 valence electrons. The molecule has 1 unspecified atom stereocenters. The third-order valence-corrected chi connectivity index (χ3v) is 3.70. The van der Waals surface area contributed by atoms with Gasteiger partial charge in [-0.1, -0.05) is 28.1 Å². The van der Waals surface area contributed by atoms with Crippen molar-refractivity contribution in [3.05, 3.63) is 52.5 Å². The minimum absolute atomic E-state index is 0.715. The molecule has 0 radical (unpaired) electrons. The molecular weight excluding hydrogens is 268 g/mol. The van der Waals surface area contributed by atoms with Gasteiger partial charge in [0.1, 0.15) is 5.60 Å². The van der Waals surface area contributed by atoms with E-state index in [2.05, 4.69) is 20.9 Å². The maximum Gasteiger partial charge on any atom is 0.133 e. The van der Waals surface area contributed by atoms with Crippen LogP contribution in [0.4, 0.5) is 0 Å². The number of halogens is 1. The molecule has 1 aliphatic heterocycles. The zero-order valence-corrected chi connectivity index (χ0v) is 10.2. The lowest BCUT2D eigenvalue weighted by Crippen LogP contribution is -2.23. The molecule has 3 nitrogen and oxygen atoms in total. The van der Waals surface area contributed by atoms with E-state index in [4.69, 9.17) is 0 Å². The Hall–Kier alpha value is -1.13. The van der Waals surface area contributed by atoms with E-state index in [-0.39, 0.29) is 0 Å². The smallest absolute Gasteiger partial charge is 0.133 e. The molecule has 1 atom stereocenters. The summed E-state index contributed by atoms with van der Waals surface area (Å²) in [6.07, 6.45) is 4.23. The van der Waals surface area contributed by atoms with Crippen LogP contribution in [0.25, 0.3) is 0 Å². The Morgan fingerprint density at radius 1 is 1.31 bits per heavy atom. The topological polar surface area (TPSA) is 38.0 Å². The van der Waals surface area contributed by atoms with Crippen LogP contribution < -0.4 is 0 Å². The highest BCUT2D eigenvalue weighted by Gasteiger charge is 2.38. The summed E-state index contributed by atoms with van der Waals surface area (Å²) >= 11 is 3.40. The molecule has 2 heterocycles. The van der Waals surface area contributed by atoms with Gasteiger partial charge in [0.15, 0.2) is 0 Å². The van der Waals surface area contributed by atoms with Crippen molar-refractivity contribution in [3.63, 3.8) is 0 Å². The first kappa shape index (κ1) is 10.1. The van der Waals surface area contributed by atoms with Crippen LogP contribution in [-0.4, -0.2) is 14.7 Å². The number of aliphatic hydroxyl groups is 1. The highest BCUT2D eigenvalue weighted by molar-refractivity contribution is 9.10. The quantitative estimate of drug-likeness (QED) is 0.869. The fourth-order valence-electron chi connectivity index (χ4n) is 2.27. The van der Waals surface area contributed by atoms with E-state index in [0.29, 0.717) is 6.42 Å². The van der Waals surface area contributed by atoms with E-state index in [9.17, 15) is 5.11 Å². The van der Waals surface area contributed by atoms with Crippen LogP contribution in [0.1, 0.15) is 17.7 Å². The van der Waals surface area contributed by atoms with Gasteiger partial charge in [0.25, 0.3) is 0 Å². The fourth-order valence-corrected chi connectivity index (χ4v) is 2.54. The summed E-state index contributed by atoms with van der Waals surface area (Å²) in [6.45, 7) is 0.821. The van der Waals surface area contributed by atoms with Gasteiger partial charge < -0.3 is 9.67 Å². The Bertz CT molecular complexity index is 520. The summed E-state index contributed by atoms with van der Waals surface area (Å²) in [4.78, 5) is 4.08. The first-order valence-electron chi connectivity index (χ1n) is 5.19.